The van der Waals surface area contributed by atoms with Gasteiger partial charge < -0.3 is 4.74 Å². The topological polar surface area (TPSA) is 59.0 Å². The van der Waals surface area contributed by atoms with Crippen LogP contribution in [-0.4, -0.2) is 37.3 Å². The molecule has 1 heterocycles. The molecule has 28 heavy (non-hydrogen) atoms. The molecule has 1 aliphatic heterocycles. The summed E-state index contributed by atoms with van der Waals surface area (Å²) in [6.45, 7) is -0.148. The number of hydrogen-bond acceptors (Lipinski definition) is 4. The number of fused-ring (bicyclic) bond motifs is 1. The first kappa shape index (κ1) is 18.7. The standard InChI is InChI=1S/C22H21ClN2O3/c1-28-19(26)13-25-18-11-10-16(23)12-17(18)20(14-6-3-2-4-7-14)24-21(22(25)27)15-8-5-9-15/h2-4,6-7,10-12,15,21H,5,8-9,13H2,1H3. The largest absolute Gasteiger partial charge is 0.468 e. The molecule has 1 amide bonds. The summed E-state index contributed by atoms with van der Waals surface area (Å²) >= 11 is 6.29. The summed E-state index contributed by atoms with van der Waals surface area (Å²) in [5.74, 6) is -0.439. The number of aliphatic imine (C=N–C) groups is 1. The number of carbonyl (C=O) groups excluding carboxylic acids is 2. The number of hydrogen-bond donors (Lipinski definition) is 0. The van der Waals surface area contributed by atoms with Gasteiger partial charge in [-0.05, 0) is 37.0 Å². The Morgan fingerprint density at radius 1 is 1.21 bits per heavy atom. The number of methoxy groups -OCH3 is 1. The van der Waals surface area contributed by atoms with E-state index in [2.05, 4.69) is 0 Å². The van der Waals surface area contributed by atoms with E-state index >= 15 is 0 Å². The van der Waals surface area contributed by atoms with Crippen molar-refractivity contribution in [3.05, 3.63) is 64.7 Å². The van der Waals surface area contributed by atoms with E-state index in [4.69, 9.17) is 21.3 Å². The number of carbonyl (C=O) groups is 2. The Labute approximate surface area is 169 Å². The lowest BCUT2D eigenvalue weighted by molar-refractivity contribution is -0.140. The molecule has 0 saturated heterocycles. The number of nitrogens with zero attached hydrogens (tertiary/aromatic N) is 2. The van der Waals surface area contributed by atoms with Crippen LogP contribution in [0.1, 0.15) is 30.4 Å². The van der Waals surface area contributed by atoms with Gasteiger partial charge in [0.15, 0.2) is 0 Å². The predicted octanol–water partition coefficient (Wildman–Crippen LogP) is 3.87. The number of anilines is 1. The van der Waals surface area contributed by atoms with E-state index in [1.807, 2.05) is 36.4 Å². The van der Waals surface area contributed by atoms with Gasteiger partial charge >= 0.3 is 5.97 Å². The van der Waals surface area contributed by atoms with Gasteiger partial charge in [-0.3, -0.25) is 19.5 Å². The second kappa shape index (κ2) is 7.76. The van der Waals surface area contributed by atoms with Crippen molar-refractivity contribution in [3.8, 4) is 0 Å². The van der Waals surface area contributed by atoms with Crippen molar-refractivity contribution in [1.29, 1.82) is 0 Å². The molecule has 4 rings (SSSR count). The molecule has 0 spiro atoms. The molecular weight excluding hydrogens is 376 g/mol. The van der Waals surface area contributed by atoms with E-state index in [0.29, 0.717) is 10.7 Å². The third-order valence-corrected chi connectivity index (χ3v) is 5.69. The first-order chi connectivity index (χ1) is 13.6. The molecule has 5 nitrogen and oxygen atoms in total. The Morgan fingerprint density at radius 3 is 2.61 bits per heavy atom. The minimum Gasteiger partial charge on any atom is -0.468 e. The Hall–Kier alpha value is -2.66. The zero-order chi connectivity index (χ0) is 19.7. The van der Waals surface area contributed by atoms with Crippen LogP contribution < -0.4 is 4.90 Å². The van der Waals surface area contributed by atoms with Crippen LogP contribution >= 0.6 is 11.6 Å². The van der Waals surface area contributed by atoms with Gasteiger partial charge in [0.2, 0.25) is 0 Å². The van der Waals surface area contributed by atoms with Crippen molar-refractivity contribution >= 4 is 34.9 Å². The van der Waals surface area contributed by atoms with E-state index < -0.39 is 12.0 Å². The number of ether oxygens (including phenoxy) is 1. The minimum atomic E-state index is -0.514. The maximum atomic E-state index is 13.4. The van der Waals surface area contributed by atoms with Crippen LogP contribution in [-0.2, 0) is 14.3 Å². The fourth-order valence-corrected chi connectivity index (χ4v) is 3.89. The van der Waals surface area contributed by atoms with E-state index in [9.17, 15) is 9.59 Å². The third kappa shape index (κ3) is 3.42. The summed E-state index contributed by atoms with van der Waals surface area (Å²) in [6, 6.07) is 14.6. The van der Waals surface area contributed by atoms with Gasteiger partial charge in [0, 0.05) is 16.1 Å². The Bertz CT molecular complexity index is 938. The molecule has 0 N–H and O–H groups in total. The molecule has 6 heteroatoms. The summed E-state index contributed by atoms with van der Waals surface area (Å²) < 4.78 is 4.83. The van der Waals surface area contributed by atoms with E-state index in [-0.39, 0.29) is 18.4 Å². The summed E-state index contributed by atoms with van der Waals surface area (Å²) in [5.41, 5.74) is 3.03. The molecule has 1 saturated carbocycles. The number of esters is 1. The Kier molecular flexibility index (Phi) is 5.18. The fourth-order valence-electron chi connectivity index (χ4n) is 3.72. The van der Waals surface area contributed by atoms with Gasteiger partial charge in [-0.15, -0.1) is 0 Å². The highest BCUT2D eigenvalue weighted by molar-refractivity contribution is 6.32. The minimum absolute atomic E-state index is 0.148. The number of benzene rings is 2. The van der Waals surface area contributed by atoms with Crippen molar-refractivity contribution < 1.29 is 14.3 Å². The molecule has 1 unspecified atom stereocenters. The molecule has 0 aromatic heterocycles. The Morgan fingerprint density at radius 2 is 1.96 bits per heavy atom. The maximum Gasteiger partial charge on any atom is 0.325 e. The Balaban J connectivity index is 1.90. The van der Waals surface area contributed by atoms with Gasteiger partial charge in [-0.25, -0.2) is 0 Å². The van der Waals surface area contributed by atoms with Gasteiger partial charge in [0.05, 0.1) is 18.5 Å². The summed E-state index contributed by atoms with van der Waals surface area (Å²) in [4.78, 5) is 31.9. The lowest BCUT2D eigenvalue weighted by Gasteiger charge is -2.32. The SMILES string of the molecule is COC(=O)CN1C(=O)C(C2CCC2)N=C(c2ccccc2)c2cc(Cl)ccc21. The van der Waals surface area contributed by atoms with Gasteiger partial charge in [-0.2, -0.15) is 0 Å². The van der Waals surface area contributed by atoms with Crippen LogP contribution in [0.2, 0.25) is 5.02 Å². The molecule has 0 bridgehead atoms. The van der Waals surface area contributed by atoms with Crippen molar-refractivity contribution in [1.82, 2.24) is 0 Å². The molecule has 1 atom stereocenters. The van der Waals surface area contributed by atoms with Gasteiger partial charge in [0.1, 0.15) is 12.6 Å². The molecule has 2 aromatic carbocycles. The first-order valence-corrected chi connectivity index (χ1v) is 9.77. The van der Waals surface area contributed by atoms with Crippen LogP contribution in [0.3, 0.4) is 0 Å². The molecular formula is C22H21ClN2O3. The van der Waals surface area contributed by atoms with E-state index in [1.54, 1.807) is 12.1 Å². The average molecular weight is 397 g/mol. The second-order valence-corrected chi connectivity index (χ2v) is 7.58. The third-order valence-electron chi connectivity index (χ3n) is 5.45. The number of rotatable bonds is 4. The van der Waals surface area contributed by atoms with Crippen LogP contribution in [0, 0.1) is 5.92 Å². The molecule has 1 aliphatic carbocycles. The molecule has 2 aromatic rings. The van der Waals surface area contributed by atoms with Crippen LogP contribution in [0.25, 0.3) is 0 Å². The zero-order valence-electron chi connectivity index (χ0n) is 15.6. The fraction of sp³-hybridized carbons (Fsp3) is 0.318. The molecule has 1 fully saturated rings. The van der Waals surface area contributed by atoms with Crippen LogP contribution in [0.15, 0.2) is 53.5 Å². The lowest BCUT2D eigenvalue weighted by Crippen LogP contribution is -2.45. The zero-order valence-corrected chi connectivity index (χ0v) is 16.4. The lowest BCUT2D eigenvalue weighted by atomic mass is 9.79. The van der Waals surface area contributed by atoms with Crippen molar-refractivity contribution in [2.75, 3.05) is 18.6 Å². The number of halogens is 1. The first-order valence-electron chi connectivity index (χ1n) is 9.40. The highest BCUT2D eigenvalue weighted by Crippen LogP contribution is 2.37. The van der Waals surface area contributed by atoms with Gasteiger partial charge in [-0.1, -0.05) is 48.4 Å². The van der Waals surface area contributed by atoms with Crippen molar-refractivity contribution in [3.63, 3.8) is 0 Å². The summed E-state index contributed by atoms with van der Waals surface area (Å²) in [7, 11) is 1.32. The normalized spacial score (nSPS) is 19.4. The van der Waals surface area contributed by atoms with Crippen molar-refractivity contribution in [2.24, 2.45) is 10.9 Å². The average Bonchev–Trinajstić information content (AvgIpc) is 2.77. The molecule has 144 valence electrons. The second-order valence-electron chi connectivity index (χ2n) is 7.14. The highest BCUT2D eigenvalue weighted by Gasteiger charge is 2.39. The highest BCUT2D eigenvalue weighted by atomic mass is 35.5. The van der Waals surface area contributed by atoms with Crippen LogP contribution in [0.4, 0.5) is 5.69 Å². The quantitative estimate of drug-likeness (QED) is 0.737. The smallest absolute Gasteiger partial charge is 0.325 e. The number of amides is 1. The maximum absolute atomic E-state index is 13.4. The summed E-state index contributed by atoms with van der Waals surface area (Å²) in [5, 5.41) is 0.551. The van der Waals surface area contributed by atoms with Crippen molar-refractivity contribution in [2.45, 2.75) is 25.3 Å². The monoisotopic (exact) mass is 396 g/mol. The summed E-state index contributed by atoms with van der Waals surface area (Å²) in [6.07, 6.45) is 3.02. The molecule has 2 aliphatic rings. The molecule has 0 radical (unpaired) electrons. The van der Waals surface area contributed by atoms with E-state index in [0.717, 1.165) is 36.1 Å². The van der Waals surface area contributed by atoms with E-state index in [1.165, 1.54) is 12.0 Å². The number of benzodiazepines with no additional fused rings is 1. The van der Waals surface area contributed by atoms with Crippen LogP contribution in [0.5, 0.6) is 0 Å². The van der Waals surface area contributed by atoms with Gasteiger partial charge in [0.25, 0.3) is 5.91 Å². The predicted molar refractivity (Wildman–Crippen MR) is 109 cm³/mol.